The fourth-order valence-corrected chi connectivity index (χ4v) is 4.25. The molecule has 156 valence electrons. The van der Waals surface area contributed by atoms with Gasteiger partial charge in [-0.1, -0.05) is 48.0 Å². The Labute approximate surface area is 184 Å². The van der Waals surface area contributed by atoms with Gasteiger partial charge in [-0.25, -0.2) is 18.5 Å². The van der Waals surface area contributed by atoms with Crippen LogP contribution in [0.4, 0.5) is 5.69 Å². The Bertz CT molecular complexity index is 1420. The Morgan fingerprint density at radius 3 is 2.42 bits per heavy atom. The van der Waals surface area contributed by atoms with E-state index >= 15 is 0 Å². The first-order valence-electron chi connectivity index (χ1n) is 9.33. The van der Waals surface area contributed by atoms with Gasteiger partial charge in [0.2, 0.25) is 10.0 Å². The van der Waals surface area contributed by atoms with Gasteiger partial charge in [0.25, 0.3) is 5.91 Å². The van der Waals surface area contributed by atoms with Gasteiger partial charge in [0, 0.05) is 21.7 Å². The zero-order valence-electron chi connectivity index (χ0n) is 16.5. The summed E-state index contributed by atoms with van der Waals surface area (Å²) in [5.41, 5.74) is 3.33. The molecule has 0 spiro atoms. The van der Waals surface area contributed by atoms with E-state index in [0.717, 1.165) is 5.56 Å². The van der Waals surface area contributed by atoms with Gasteiger partial charge in [-0.2, -0.15) is 0 Å². The molecule has 0 bridgehead atoms. The lowest BCUT2D eigenvalue weighted by molar-refractivity contribution is 0.102. The lowest BCUT2D eigenvalue weighted by Crippen LogP contribution is -2.16. The molecule has 3 aromatic carbocycles. The van der Waals surface area contributed by atoms with Crippen molar-refractivity contribution < 1.29 is 13.2 Å². The zero-order chi connectivity index (χ0) is 22.2. The third-order valence-electron chi connectivity index (χ3n) is 4.85. The monoisotopic (exact) mass is 451 g/mol. The number of anilines is 1. The Hall–Kier alpha value is -3.26. The number of pyridine rings is 1. The average Bonchev–Trinajstić information content (AvgIpc) is 2.74. The van der Waals surface area contributed by atoms with E-state index in [-0.39, 0.29) is 4.90 Å². The molecule has 0 saturated carbocycles. The SMILES string of the molecule is Cc1ccc(NC(=O)c2cc(-c3ccc(Cl)cc3)nc3ccccc23)cc1S(N)(=O)=O. The summed E-state index contributed by atoms with van der Waals surface area (Å²) in [4.78, 5) is 17.8. The Balaban J connectivity index is 1.78. The van der Waals surface area contributed by atoms with Crippen molar-refractivity contribution >= 4 is 44.1 Å². The molecule has 0 saturated heterocycles. The molecule has 0 fully saturated rings. The summed E-state index contributed by atoms with van der Waals surface area (Å²) in [5.74, 6) is -0.391. The topological polar surface area (TPSA) is 102 Å². The number of carbonyl (C=O) groups excluding carboxylic acids is 1. The summed E-state index contributed by atoms with van der Waals surface area (Å²) in [7, 11) is -3.91. The van der Waals surface area contributed by atoms with E-state index in [0.29, 0.717) is 38.4 Å². The van der Waals surface area contributed by atoms with Crippen LogP contribution in [0.3, 0.4) is 0 Å². The van der Waals surface area contributed by atoms with Gasteiger partial charge >= 0.3 is 0 Å². The van der Waals surface area contributed by atoms with Crippen molar-refractivity contribution in [1.29, 1.82) is 0 Å². The van der Waals surface area contributed by atoms with Crippen molar-refractivity contribution in [3.8, 4) is 11.3 Å². The van der Waals surface area contributed by atoms with Crippen LogP contribution in [0.2, 0.25) is 5.02 Å². The van der Waals surface area contributed by atoms with Crippen molar-refractivity contribution in [1.82, 2.24) is 4.98 Å². The number of nitrogens with one attached hydrogen (secondary N) is 1. The molecule has 0 aliphatic carbocycles. The van der Waals surface area contributed by atoms with Gasteiger partial charge in [0.1, 0.15) is 0 Å². The summed E-state index contributed by atoms with van der Waals surface area (Å²) in [6.07, 6.45) is 0. The minimum atomic E-state index is -3.91. The molecule has 6 nitrogen and oxygen atoms in total. The third kappa shape index (κ3) is 4.44. The number of halogens is 1. The smallest absolute Gasteiger partial charge is 0.256 e. The van der Waals surface area contributed by atoms with Crippen molar-refractivity contribution in [3.63, 3.8) is 0 Å². The van der Waals surface area contributed by atoms with Crippen molar-refractivity contribution in [3.05, 3.63) is 88.9 Å². The van der Waals surface area contributed by atoms with E-state index in [2.05, 4.69) is 10.3 Å². The van der Waals surface area contributed by atoms with E-state index in [1.807, 2.05) is 36.4 Å². The molecule has 1 heterocycles. The molecule has 0 radical (unpaired) electrons. The van der Waals surface area contributed by atoms with Gasteiger partial charge in [-0.15, -0.1) is 0 Å². The molecule has 0 aliphatic rings. The number of rotatable bonds is 4. The van der Waals surface area contributed by atoms with Crippen LogP contribution in [0.5, 0.6) is 0 Å². The van der Waals surface area contributed by atoms with Gasteiger partial charge in [0.05, 0.1) is 21.7 Å². The molecular weight excluding hydrogens is 434 g/mol. The van der Waals surface area contributed by atoms with Crippen LogP contribution in [0, 0.1) is 6.92 Å². The molecule has 4 aromatic rings. The van der Waals surface area contributed by atoms with Crippen LogP contribution in [0.1, 0.15) is 15.9 Å². The first kappa shape index (κ1) is 21.0. The number of fused-ring (bicyclic) bond motifs is 1. The number of aromatic nitrogens is 1. The van der Waals surface area contributed by atoms with Crippen LogP contribution >= 0.6 is 11.6 Å². The second-order valence-electron chi connectivity index (χ2n) is 7.06. The number of nitrogens with zero attached hydrogens (tertiary/aromatic N) is 1. The van der Waals surface area contributed by atoms with Crippen LogP contribution < -0.4 is 10.5 Å². The van der Waals surface area contributed by atoms with Gasteiger partial charge in [0.15, 0.2) is 0 Å². The maximum Gasteiger partial charge on any atom is 0.256 e. The predicted molar refractivity (Wildman–Crippen MR) is 123 cm³/mol. The molecule has 1 aromatic heterocycles. The van der Waals surface area contributed by atoms with Crippen LogP contribution in [0.25, 0.3) is 22.2 Å². The highest BCUT2D eigenvalue weighted by Crippen LogP contribution is 2.27. The first-order valence-corrected chi connectivity index (χ1v) is 11.3. The maximum atomic E-state index is 13.2. The number of hydrogen-bond acceptors (Lipinski definition) is 4. The highest BCUT2D eigenvalue weighted by molar-refractivity contribution is 7.89. The largest absolute Gasteiger partial charge is 0.322 e. The highest BCUT2D eigenvalue weighted by atomic mass is 35.5. The Morgan fingerprint density at radius 2 is 1.71 bits per heavy atom. The molecule has 0 unspecified atom stereocenters. The molecule has 4 rings (SSSR count). The molecule has 0 aliphatic heterocycles. The number of aryl methyl sites for hydroxylation is 1. The van der Waals surface area contributed by atoms with E-state index in [9.17, 15) is 13.2 Å². The zero-order valence-corrected chi connectivity index (χ0v) is 18.0. The number of sulfonamides is 1. The van der Waals surface area contributed by atoms with Crippen LogP contribution in [-0.4, -0.2) is 19.3 Å². The summed E-state index contributed by atoms with van der Waals surface area (Å²) < 4.78 is 23.6. The minimum Gasteiger partial charge on any atom is -0.322 e. The van der Waals surface area contributed by atoms with Crippen molar-refractivity contribution in [2.24, 2.45) is 5.14 Å². The maximum absolute atomic E-state index is 13.2. The van der Waals surface area contributed by atoms with Gasteiger partial charge in [-0.3, -0.25) is 4.79 Å². The standard InChI is InChI=1S/C23H18ClN3O3S/c1-14-6-11-17(12-22(14)31(25,29)30)26-23(28)19-13-21(15-7-9-16(24)10-8-15)27-20-5-3-2-4-18(19)20/h2-13H,1H3,(H,26,28)(H2,25,29,30). The summed E-state index contributed by atoms with van der Waals surface area (Å²) in [6.45, 7) is 1.64. The van der Waals surface area contributed by atoms with Crippen LogP contribution in [-0.2, 0) is 10.0 Å². The third-order valence-corrected chi connectivity index (χ3v) is 6.16. The van der Waals surface area contributed by atoms with E-state index in [4.69, 9.17) is 16.7 Å². The van der Waals surface area contributed by atoms with Crippen molar-refractivity contribution in [2.75, 3.05) is 5.32 Å². The number of amides is 1. The predicted octanol–water partition coefficient (Wildman–Crippen LogP) is 4.76. The fourth-order valence-electron chi connectivity index (χ4n) is 3.31. The minimum absolute atomic E-state index is 0.0354. The first-order chi connectivity index (χ1) is 14.7. The average molecular weight is 452 g/mol. The summed E-state index contributed by atoms with van der Waals surface area (Å²) >= 11 is 5.99. The van der Waals surface area contributed by atoms with Crippen molar-refractivity contribution in [2.45, 2.75) is 11.8 Å². The quantitative estimate of drug-likeness (QED) is 0.466. The molecule has 3 N–H and O–H groups in total. The summed E-state index contributed by atoms with van der Waals surface area (Å²) in [6, 6.07) is 20.8. The number of para-hydroxylation sites is 1. The molecule has 1 amide bonds. The summed E-state index contributed by atoms with van der Waals surface area (Å²) in [5, 5.41) is 9.33. The number of carbonyl (C=O) groups is 1. The van der Waals surface area contributed by atoms with E-state index in [1.54, 1.807) is 37.3 Å². The molecular formula is C23H18ClN3O3S. The number of hydrogen-bond donors (Lipinski definition) is 2. The number of nitrogens with two attached hydrogens (primary N) is 1. The van der Waals surface area contributed by atoms with Gasteiger partial charge in [-0.05, 0) is 48.9 Å². The number of benzene rings is 3. The second kappa shape index (κ2) is 8.11. The highest BCUT2D eigenvalue weighted by Gasteiger charge is 2.17. The normalized spacial score (nSPS) is 11.5. The lowest BCUT2D eigenvalue weighted by atomic mass is 10.0. The number of primary sulfonamides is 1. The van der Waals surface area contributed by atoms with Crippen LogP contribution in [0.15, 0.2) is 77.7 Å². The molecule has 8 heteroatoms. The fraction of sp³-hybridized carbons (Fsp3) is 0.0435. The molecule has 0 atom stereocenters. The Kier molecular flexibility index (Phi) is 5.49. The van der Waals surface area contributed by atoms with E-state index < -0.39 is 15.9 Å². The lowest BCUT2D eigenvalue weighted by Gasteiger charge is -2.12. The van der Waals surface area contributed by atoms with Gasteiger partial charge < -0.3 is 5.32 Å². The Morgan fingerprint density at radius 1 is 1.00 bits per heavy atom. The second-order valence-corrected chi connectivity index (χ2v) is 9.02. The molecule has 31 heavy (non-hydrogen) atoms. The van der Waals surface area contributed by atoms with E-state index in [1.165, 1.54) is 6.07 Å².